The van der Waals surface area contributed by atoms with E-state index in [1.807, 2.05) is 12.1 Å². The van der Waals surface area contributed by atoms with E-state index >= 15 is 0 Å². The Bertz CT molecular complexity index is 542. The maximum atomic E-state index is 11.8. The molecule has 0 saturated carbocycles. The van der Waals surface area contributed by atoms with Crippen LogP contribution in [0.5, 0.6) is 5.75 Å². The zero-order valence-corrected chi connectivity index (χ0v) is 11.3. The van der Waals surface area contributed by atoms with Gasteiger partial charge in [0.1, 0.15) is 10.6 Å². The molecule has 1 aromatic carbocycles. The lowest BCUT2D eigenvalue weighted by Gasteiger charge is -2.05. The van der Waals surface area contributed by atoms with Crippen LogP contribution in [-0.2, 0) is 0 Å². The summed E-state index contributed by atoms with van der Waals surface area (Å²) in [6.07, 6.45) is 1.53. The maximum absolute atomic E-state index is 11.8. The lowest BCUT2D eigenvalue weighted by molar-refractivity contribution is 0.103. The number of carbonyl (C=O) groups is 1. The van der Waals surface area contributed by atoms with Gasteiger partial charge in [0.25, 0.3) is 5.91 Å². The highest BCUT2D eigenvalue weighted by molar-refractivity contribution is 9.11. The third-order valence-electron chi connectivity index (χ3n) is 2.03. The van der Waals surface area contributed by atoms with Gasteiger partial charge in [-0.15, -0.1) is 11.3 Å². The summed E-state index contributed by atoms with van der Waals surface area (Å²) in [5.41, 5.74) is 0.693. The summed E-state index contributed by atoms with van der Waals surface area (Å²) in [6, 6.07) is 7.19. The lowest BCUT2D eigenvalue weighted by atomic mass is 10.3. The van der Waals surface area contributed by atoms with Crippen LogP contribution in [-0.4, -0.2) is 18.0 Å². The van der Waals surface area contributed by atoms with Gasteiger partial charge < -0.3 is 10.1 Å². The van der Waals surface area contributed by atoms with Crippen molar-refractivity contribution < 1.29 is 9.53 Å². The van der Waals surface area contributed by atoms with Gasteiger partial charge in [-0.25, -0.2) is 4.98 Å². The van der Waals surface area contributed by atoms with Gasteiger partial charge in [0.05, 0.1) is 13.3 Å². The van der Waals surface area contributed by atoms with Crippen LogP contribution in [0.15, 0.2) is 34.4 Å². The normalized spacial score (nSPS) is 10.0. The first-order chi connectivity index (χ1) is 8.19. The molecule has 4 nitrogen and oxygen atoms in total. The number of nitrogens with one attached hydrogen (secondary N) is 1. The number of amides is 1. The summed E-state index contributed by atoms with van der Waals surface area (Å²) in [5, 5.41) is 2.78. The topological polar surface area (TPSA) is 51.2 Å². The number of rotatable bonds is 3. The molecule has 2 aromatic rings. The molecule has 6 heteroatoms. The number of aromatic nitrogens is 1. The van der Waals surface area contributed by atoms with Crippen molar-refractivity contribution in [3.05, 3.63) is 39.3 Å². The number of anilines is 1. The van der Waals surface area contributed by atoms with Gasteiger partial charge in [0.15, 0.2) is 3.92 Å². The van der Waals surface area contributed by atoms with Crippen molar-refractivity contribution in [3.8, 4) is 5.75 Å². The van der Waals surface area contributed by atoms with Crippen LogP contribution >= 0.6 is 27.3 Å². The average Bonchev–Trinajstić information content (AvgIpc) is 2.76. The predicted octanol–water partition coefficient (Wildman–Crippen LogP) is 3.17. The van der Waals surface area contributed by atoms with Crippen molar-refractivity contribution in [3.63, 3.8) is 0 Å². The van der Waals surface area contributed by atoms with E-state index in [2.05, 4.69) is 26.2 Å². The molecule has 0 bridgehead atoms. The standard InChI is InChI=1S/C11H9BrN2O2S/c1-16-8-4-2-3-7(5-8)14-10(15)9-6-13-11(12)17-9/h2-6H,1H3,(H,14,15). The van der Waals surface area contributed by atoms with Crippen molar-refractivity contribution in [2.24, 2.45) is 0 Å². The molecule has 1 aromatic heterocycles. The molecular formula is C11H9BrN2O2S. The van der Waals surface area contributed by atoms with Crippen molar-refractivity contribution in [1.82, 2.24) is 4.98 Å². The number of thiazole rings is 1. The summed E-state index contributed by atoms with van der Waals surface area (Å²) in [5.74, 6) is 0.523. The maximum Gasteiger partial charge on any atom is 0.267 e. The Balaban J connectivity index is 2.12. The van der Waals surface area contributed by atoms with Crippen LogP contribution in [0.4, 0.5) is 5.69 Å². The first-order valence-electron chi connectivity index (χ1n) is 4.76. The van der Waals surface area contributed by atoms with E-state index in [9.17, 15) is 4.79 Å². The Hall–Kier alpha value is -1.40. The molecule has 1 amide bonds. The largest absolute Gasteiger partial charge is 0.497 e. The molecule has 1 heterocycles. The van der Waals surface area contributed by atoms with Crippen LogP contribution in [0, 0.1) is 0 Å². The zero-order valence-electron chi connectivity index (χ0n) is 8.94. The summed E-state index contributed by atoms with van der Waals surface area (Å²) in [4.78, 5) is 16.3. The summed E-state index contributed by atoms with van der Waals surface area (Å²) in [7, 11) is 1.58. The number of carbonyl (C=O) groups excluding carboxylic acids is 1. The van der Waals surface area contributed by atoms with Crippen LogP contribution in [0.1, 0.15) is 9.67 Å². The molecule has 0 unspecified atom stereocenters. The summed E-state index contributed by atoms with van der Waals surface area (Å²) < 4.78 is 5.77. The van der Waals surface area contributed by atoms with Crippen LogP contribution in [0.25, 0.3) is 0 Å². The van der Waals surface area contributed by atoms with Crippen LogP contribution in [0.3, 0.4) is 0 Å². The van der Waals surface area contributed by atoms with Crippen molar-refractivity contribution >= 4 is 38.9 Å². The Labute approximate surface area is 111 Å². The molecule has 0 fully saturated rings. The average molecular weight is 313 g/mol. The number of methoxy groups -OCH3 is 1. The molecule has 0 saturated heterocycles. The molecule has 88 valence electrons. The van der Waals surface area contributed by atoms with Crippen molar-refractivity contribution in [1.29, 1.82) is 0 Å². The van der Waals surface area contributed by atoms with E-state index in [0.717, 1.165) is 0 Å². The number of benzene rings is 1. The number of hydrogen-bond donors (Lipinski definition) is 1. The smallest absolute Gasteiger partial charge is 0.267 e. The molecule has 0 radical (unpaired) electrons. The van der Waals surface area contributed by atoms with E-state index in [1.165, 1.54) is 17.5 Å². The molecular weight excluding hydrogens is 304 g/mol. The lowest BCUT2D eigenvalue weighted by Crippen LogP contribution is -2.10. The van der Waals surface area contributed by atoms with Crippen molar-refractivity contribution in [2.45, 2.75) is 0 Å². The number of nitrogens with zero attached hydrogens (tertiary/aromatic N) is 1. The fourth-order valence-corrected chi connectivity index (χ4v) is 2.41. The molecule has 0 aliphatic carbocycles. The monoisotopic (exact) mass is 312 g/mol. The second-order valence-electron chi connectivity index (χ2n) is 3.16. The van der Waals surface area contributed by atoms with E-state index in [1.54, 1.807) is 19.2 Å². The number of ether oxygens (including phenoxy) is 1. The van der Waals surface area contributed by atoms with Gasteiger partial charge in [-0.1, -0.05) is 6.07 Å². The van der Waals surface area contributed by atoms with Gasteiger partial charge in [0, 0.05) is 11.8 Å². The molecule has 17 heavy (non-hydrogen) atoms. The highest BCUT2D eigenvalue weighted by Crippen LogP contribution is 2.21. The Morgan fingerprint density at radius 2 is 2.35 bits per heavy atom. The number of hydrogen-bond acceptors (Lipinski definition) is 4. The molecule has 0 atom stereocenters. The minimum Gasteiger partial charge on any atom is -0.497 e. The molecule has 2 rings (SSSR count). The SMILES string of the molecule is COc1cccc(NC(=O)c2cnc(Br)s2)c1. The first-order valence-corrected chi connectivity index (χ1v) is 6.37. The van der Waals surface area contributed by atoms with Crippen LogP contribution in [0.2, 0.25) is 0 Å². The Morgan fingerprint density at radius 3 is 3.00 bits per heavy atom. The van der Waals surface area contributed by atoms with Gasteiger partial charge in [-0.3, -0.25) is 4.79 Å². The van der Waals surface area contributed by atoms with E-state index < -0.39 is 0 Å². The summed E-state index contributed by atoms with van der Waals surface area (Å²) >= 11 is 4.50. The first kappa shape index (κ1) is 12.1. The molecule has 0 spiro atoms. The summed E-state index contributed by atoms with van der Waals surface area (Å²) in [6.45, 7) is 0. The molecule has 1 N–H and O–H groups in total. The highest BCUT2D eigenvalue weighted by Gasteiger charge is 2.09. The minimum atomic E-state index is -0.179. The van der Waals surface area contributed by atoms with Gasteiger partial charge in [-0.2, -0.15) is 0 Å². The molecule has 0 aliphatic heterocycles. The van der Waals surface area contributed by atoms with E-state index in [-0.39, 0.29) is 5.91 Å². The minimum absolute atomic E-state index is 0.179. The van der Waals surface area contributed by atoms with E-state index in [0.29, 0.717) is 20.2 Å². The quantitative estimate of drug-likeness (QED) is 0.947. The predicted molar refractivity (Wildman–Crippen MR) is 70.8 cm³/mol. The Kier molecular flexibility index (Phi) is 3.75. The number of halogens is 1. The highest BCUT2D eigenvalue weighted by atomic mass is 79.9. The fraction of sp³-hybridized carbons (Fsp3) is 0.0909. The zero-order chi connectivity index (χ0) is 12.3. The molecule has 0 aliphatic rings. The second kappa shape index (κ2) is 5.29. The van der Waals surface area contributed by atoms with Gasteiger partial charge in [-0.05, 0) is 28.1 Å². The Morgan fingerprint density at radius 1 is 1.53 bits per heavy atom. The van der Waals surface area contributed by atoms with E-state index in [4.69, 9.17) is 4.74 Å². The second-order valence-corrected chi connectivity index (χ2v) is 5.47. The third kappa shape index (κ3) is 3.04. The van der Waals surface area contributed by atoms with Crippen LogP contribution < -0.4 is 10.1 Å². The fourth-order valence-electron chi connectivity index (χ4n) is 1.25. The third-order valence-corrected chi connectivity index (χ3v) is 3.50. The van der Waals surface area contributed by atoms with Gasteiger partial charge in [0.2, 0.25) is 0 Å². The van der Waals surface area contributed by atoms with Crippen molar-refractivity contribution in [2.75, 3.05) is 12.4 Å². The van der Waals surface area contributed by atoms with Gasteiger partial charge >= 0.3 is 0 Å².